The van der Waals surface area contributed by atoms with Crippen LogP contribution in [0.5, 0.6) is 0 Å². The third-order valence-corrected chi connectivity index (χ3v) is 3.14. The molecule has 1 rings (SSSR count). The lowest BCUT2D eigenvalue weighted by molar-refractivity contribution is -0.0753. The Kier molecular flexibility index (Phi) is 3.49. The van der Waals surface area contributed by atoms with Crippen molar-refractivity contribution in [3.05, 3.63) is 15.1 Å². The van der Waals surface area contributed by atoms with E-state index in [0.717, 1.165) is 16.6 Å². The van der Waals surface area contributed by atoms with Gasteiger partial charge >= 0.3 is 0 Å². The summed E-state index contributed by atoms with van der Waals surface area (Å²) < 4.78 is 3.73. The first-order chi connectivity index (χ1) is 6.07. The average molecular weight is 241 g/mol. The molecule has 0 aromatic carbocycles. The van der Waals surface area contributed by atoms with E-state index in [4.69, 9.17) is 28.0 Å². The van der Waals surface area contributed by atoms with Crippen LogP contribution in [0.1, 0.15) is 9.67 Å². The number of nitrogens with zero attached hydrogens (tertiary/aromatic N) is 2. The fourth-order valence-electron chi connectivity index (χ4n) is 0.618. The Morgan fingerprint density at radius 1 is 1.62 bits per heavy atom. The normalized spacial score (nSPS) is 10.2. The minimum atomic E-state index is -0.364. The lowest BCUT2D eigenvalue weighted by Crippen LogP contribution is -2.24. The van der Waals surface area contributed by atoms with E-state index in [9.17, 15) is 4.79 Å². The molecule has 0 spiro atoms. The summed E-state index contributed by atoms with van der Waals surface area (Å²) in [6, 6.07) is 0. The molecular formula is C6H6Cl2N2O2S. The Hall–Kier alpha value is -0.360. The van der Waals surface area contributed by atoms with Gasteiger partial charge in [-0.25, -0.2) is 5.06 Å². The molecule has 1 amide bonds. The summed E-state index contributed by atoms with van der Waals surface area (Å²) in [7, 11) is 2.86. The zero-order valence-corrected chi connectivity index (χ0v) is 9.20. The molecule has 0 aliphatic carbocycles. The molecule has 0 aliphatic heterocycles. The summed E-state index contributed by atoms with van der Waals surface area (Å²) >= 11 is 12.2. The van der Waals surface area contributed by atoms with Gasteiger partial charge in [0.25, 0.3) is 5.91 Å². The van der Waals surface area contributed by atoms with Gasteiger partial charge in [0.2, 0.25) is 0 Å². The summed E-state index contributed by atoms with van der Waals surface area (Å²) in [5, 5.41) is 1.36. The molecule has 0 unspecified atom stereocenters. The van der Waals surface area contributed by atoms with E-state index in [-0.39, 0.29) is 21.0 Å². The second-order valence-electron chi connectivity index (χ2n) is 2.10. The highest BCUT2D eigenvalue weighted by molar-refractivity contribution is 7.09. The molecule has 0 radical (unpaired) electrons. The van der Waals surface area contributed by atoms with E-state index in [0.29, 0.717) is 0 Å². The third-order valence-electron chi connectivity index (χ3n) is 1.35. The van der Waals surface area contributed by atoms with E-state index in [1.165, 1.54) is 14.2 Å². The van der Waals surface area contributed by atoms with Crippen LogP contribution in [0.25, 0.3) is 0 Å². The Balaban J connectivity index is 2.95. The first-order valence-electron chi connectivity index (χ1n) is 3.20. The molecule has 1 aromatic heterocycles. The molecule has 1 heterocycles. The van der Waals surface area contributed by atoms with E-state index in [1.54, 1.807) is 0 Å². The topological polar surface area (TPSA) is 42.4 Å². The molecule has 1 aromatic rings. The highest BCUT2D eigenvalue weighted by Gasteiger charge is 2.20. The van der Waals surface area contributed by atoms with Crippen molar-refractivity contribution in [2.75, 3.05) is 14.2 Å². The first-order valence-corrected chi connectivity index (χ1v) is 4.73. The Bertz CT molecular complexity index is 328. The van der Waals surface area contributed by atoms with Crippen LogP contribution in [0, 0.1) is 0 Å². The summed E-state index contributed by atoms with van der Waals surface area (Å²) in [6.07, 6.45) is 0. The maximum atomic E-state index is 11.4. The lowest BCUT2D eigenvalue weighted by Gasteiger charge is -2.11. The number of amides is 1. The summed E-state index contributed by atoms with van der Waals surface area (Å²) in [5.41, 5.74) is 0. The van der Waals surface area contributed by atoms with Crippen LogP contribution in [0.2, 0.25) is 10.2 Å². The van der Waals surface area contributed by atoms with Crippen LogP contribution in [0.4, 0.5) is 0 Å². The van der Waals surface area contributed by atoms with Gasteiger partial charge in [0.15, 0.2) is 5.15 Å². The van der Waals surface area contributed by atoms with Crippen molar-refractivity contribution < 1.29 is 9.63 Å². The Morgan fingerprint density at radius 2 is 2.23 bits per heavy atom. The van der Waals surface area contributed by atoms with Crippen molar-refractivity contribution in [3.63, 3.8) is 0 Å². The van der Waals surface area contributed by atoms with Gasteiger partial charge in [0.1, 0.15) is 9.90 Å². The van der Waals surface area contributed by atoms with Gasteiger partial charge < -0.3 is 0 Å². The number of halogens is 2. The number of aromatic nitrogens is 1. The number of hydroxylamine groups is 2. The molecule has 4 nitrogen and oxygen atoms in total. The molecule has 0 atom stereocenters. The summed E-state index contributed by atoms with van der Waals surface area (Å²) in [4.78, 5) is 16.4. The van der Waals surface area contributed by atoms with Gasteiger partial charge in [-0.05, 0) is 11.5 Å². The molecule has 0 saturated heterocycles. The molecule has 0 bridgehead atoms. The first kappa shape index (κ1) is 10.7. The number of hydrogen-bond acceptors (Lipinski definition) is 4. The molecule has 7 heteroatoms. The number of carbonyl (C=O) groups excluding carboxylic acids is 1. The second-order valence-corrected chi connectivity index (χ2v) is 3.61. The molecule has 0 fully saturated rings. The summed E-state index contributed by atoms with van der Waals surface area (Å²) in [6.45, 7) is 0. The van der Waals surface area contributed by atoms with Gasteiger partial charge in [0.05, 0.1) is 7.11 Å². The standard InChI is InChI=1S/C6H6Cl2N2O2S/c1-10(12-2)6(11)4-3(7)5(8)9-13-4/h1-2H3. The minimum Gasteiger partial charge on any atom is -0.274 e. The number of carbonyl (C=O) groups is 1. The van der Waals surface area contributed by atoms with Crippen LogP contribution in [0.15, 0.2) is 0 Å². The zero-order chi connectivity index (χ0) is 10.0. The van der Waals surface area contributed by atoms with Crippen molar-refractivity contribution >= 4 is 40.6 Å². The van der Waals surface area contributed by atoms with Crippen molar-refractivity contribution in [1.29, 1.82) is 0 Å². The van der Waals surface area contributed by atoms with Crippen LogP contribution in [-0.2, 0) is 4.84 Å². The highest BCUT2D eigenvalue weighted by atomic mass is 35.5. The van der Waals surface area contributed by atoms with Crippen LogP contribution in [0.3, 0.4) is 0 Å². The number of rotatable bonds is 2. The average Bonchev–Trinajstić information content (AvgIpc) is 2.45. The van der Waals surface area contributed by atoms with Crippen LogP contribution in [-0.4, -0.2) is 29.5 Å². The highest BCUT2D eigenvalue weighted by Crippen LogP contribution is 2.29. The van der Waals surface area contributed by atoms with Crippen molar-refractivity contribution in [3.8, 4) is 0 Å². The molecule has 13 heavy (non-hydrogen) atoms. The largest absolute Gasteiger partial charge is 0.290 e. The molecular weight excluding hydrogens is 235 g/mol. The van der Waals surface area contributed by atoms with Gasteiger partial charge in [-0.3, -0.25) is 9.63 Å². The Morgan fingerprint density at radius 3 is 2.62 bits per heavy atom. The van der Waals surface area contributed by atoms with Crippen LogP contribution >= 0.6 is 34.7 Å². The van der Waals surface area contributed by atoms with E-state index in [2.05, 4.69) is 4.37 Å². The maximum absolute atomic E-state index is 11.4. The van der Waals surface area contributed by atoms with Crippen LogP contribution < -0.4 is 0 Å². The monoisotopic (exact) mass is 240 g/mol. The second kappa shape index (κ2) is 4.23. The quantitative estimate of drug-likeness (QED) is 0.744. The molecule has 0 aliphatic rings. The van der Waals surface area contributed by atoms with Crippen molar-refractivity contribution in [2.24, 2.45) is 0 Å². The molecule has 0 N–H and O–H groups in total. The third kappa shape index (κ3) is 2.11. The van der Waals surface area contributed by atoms with E-state index < -0.39 is 0 Å². The van der Waals surface area contributed by atoms with Crippen molar-refractivity contribution in [2.45, 2.75) is 0 Å². The smallest absolute Gasteiger partial charge is 0.274 e. The fourth-order valence-corrected chi connectivity index (χ4v) is 1.80. The SMILES string of the molecule is CON(C)C(=O)c1snc(Cl)c1Cl. The zero-order valence-electron chi connectivity index (χ0n) is 6.88. The fraction of sp³-hybridized carbons (Fsp3) is 0.333. The predicted molar refractivity (Wildman–Crippen MR) is 51.2 cm³/mol. The van der Waals surface area contributed by atoms with E-state index >= 15 is 0 Å². The van der Waals surface area contributed by atoms with E-state index in [1.807, 2.05) is 0 Å². The maximum Gasteiger partial charge on any atom is 0.290 e. The molecule has 0 saturated carbocycles. The minimum absolute atomic E-state index is 0.138. The van der Waals surface area contributed by atoms with Gasteiger partial charge in [-0.15, -0.1) is 0 Å². The predicted octanol–water partition coefficient (Wildman–Crippen LogP) is 2.08. The van der Waals surface area contributed by atoms with Gasteiger partial charge in [-0.2, -0.15) is 4.37 Å². The van der Waals surface area contributed by atoms with Crippen molar-refractivity contribution in [1.82, 2.24) is 9.44 Å². The molecule has 72 valence electrons. The van der Waals surface area contributed by atoms with Gasteiger partial charge in [0, 0.05) is 7.05 Å². The number of hydrogen-bond donors (Lipinski definition) is 0. The van der Waals surface area contributed by atoms with Gasteiger partial charge in [-0.1, -0.05) is 23.2 Å². The Labute approximate surface area is 89.1 Å². The summed E-state index contributed by atoms with van der Waals surface area (Å²) in [5.74, 6) is -0.364. The lowest BCUT2D eigenvalue weighted by atomic mass is 10.4.